The zero-order valence-electron chi connectivity index (χ0n) is 13.2. The second kappa shape index (κ2) is 6.94. The summed E-state index contributed by atoms with van der Waals surface area (Å²) in [6.07, 6.45) is 3.43. The van der Waals surface area contributed by atoms with Gasteiger partial charge in [0.2, 0.25) is 0 Å². The molecule has 0 amide bonds. The summed E-state index contributed by atoms with van der Waals surface area (Å²) in [5.41, 5.74) is 2.41. The summed E-state index contributed by atoms with van der Waals surface area (Å²) in [5, 5.41) is 12.7. The van der Waals surface area contributed by atoms with Crippen LogP contribution in [0.5, 0.6) is 0 Å². The van der Waals surface area contributed by atoms with Crippen LogP contribution in [0.2, 0.25) is 0 Å². The third kappa shape index (κ3) is 4.21. The van der Waals surface area contributed by atoms with Crippen LogP contribution in [0.25, 0.3) is 0 Å². The average Bonchev–Trinajstić information content (AvgIpc) is 2.66. The fourth-order valence-corrected chi connectivity index (χ4v) is 2.91. The predicted molar refractivity (Wildman–Crippen MR) is 86.1 cm³/mol. The SMILES string of the molecule is Cc1ccc(C(=O)O)cc1NC1CCCN(C(C)C)CC1. The highest BCUT2D eigenvalue weighted by atomic mass is 16.4. The van der Waals surface area contributed by atoms with Crippen LogP contribution in [0.3, 0.4) is 0 Å². The van der Waals surface area contributed by atoms with Crippen molar-refractivity contribution in [3.8, 4) is 0 Å². The van der Waals surface area contributed by atoms with Gasteiger partial charge >= 0.3 is 5.97 Å². The van der Waals surface area contributed by atoms with E-state index in [0.29, 0.717) is 17.6 Å². The highest BCUT2D eigenvalue weighted by molar-refractivity contribution is 5.89. The second-order valence-electron chi connectivity index (χ2n) is 6.24. The van der Waals surface area contributed by atoms with Gasteiger partial charge in [-0.3, -0.25) is 0 Å². The van der Waals surface area contributed by atoms with E-state index < -0.39 is 5.97 Å². The van der Waals surface area contributed by atoms with E-state index >= 15 is 0 Å². The van der Waals surface area contributed by atoms with E-state index in [2.05, 4.69) is 24.1 Å². The van der Waals surface area contributed by atoms with Gasteiger partial charge in [0.05, 0.1) is 5.56 Å². The molecule has 4 heteroatoms. The van der Waals surface area contributed by atoms with Crippen molar-refractivity contribution >= 4 is 11.7 Å². The number of carboxylic acids is 1. The number of carbonyl (C=O) groups is 1. The first-order chi connectivity index (χ1) is 9.97. The molecule has 1 aromatic rings. The molecule has 1 aliphatic heterocycles. The van der Waals surface area contributed by atoms with E-state index in [1.54, 1.807) is 12.1 Å². The first-order valence-electron chi connectivity index (χ1n) is 7.82. The number of aryl methyl sites for hydroxylation is 1. The summed E-state index contributed by atoms with van der Waals surface area (Å²) in [7, 11) is 0. The van der Waals surface area contributed by atoms with E-state index in [4.69, 9.17) is 5.11 Å². The van der Waals surface area contributed by atoms with Gasteiger partial charge in [0.1, 0.15) is 0 Å². The van der Waals surface area contributed by atoms with Gasteiger partial charge in [-0.25, -0.2) is 4.79 Å². The van der Waals surface area contributed by atoms with Crippen LogP contribution in [0.1, 0.15) is 49.0 Å². The molecule has 1 fully saturated rings. The van der Waals surface area contributed by atoms with Crippen molar-refractivity contribution in [2.45, 2.75) is 52.1 Å². The van der Waals surface area contributed by atoms with Crippen LogP contribution in [-0.2, 0) is 0 Å². The van der Waals surface area contributed by atoms with Gasteiger partial charge in [-0.05, 0) is 64.3 Å². The molecule has 2 N–H and O–H groups in total. The maximum absolute atomic E-state index is 11.1. The van der Waals surface area contributed by atoms with Gasteiger partial charge in [-0.2, -0.15) is 0 Å². The molecule has 1 saturated heterocycles. The standard InChI is InChI=1S/C17H26N2O2/c1-12(2)19-9-4-5-15(8-10-19)18-16-11-14(17(20)21)7-6-13(16)3/h6-7,11-12,15,18H,4-5,8-10H2,1-3H3,(H,20,21). The molecule has 116 valence electrons. The molecule has 0 saturated carbocycles. The van der Waals surface area contributed by atoms with E-state index in [1.165, 1.54) is 6.42 Å². The first-order valence-corrected chi connectivity index (χ1v) is 7.82. The topological polar surface area (TPSA) is 52.6 Å². The third-order valence-corrected chi connectivity index (χ3v) is 4.34. The average molecular weight is 290 g/mol. The number of aromatic carboxylic acids is 1. The fourth-order valence-electron chi connectivity index (χ4n) is 2.91. The summed E-state index contributed by atoms with van der Waals surface area (Å²) >= 11 is 0. The van der Waals surface area contributed by atoms with Gasteiger partial charge < -0.3 is 15.3 Å². The van der Waals surface area contributed by atoms with Gasteiger partial charge in [0.15, 0.2) is 0 Å². The molecule has 1 aromatic carbocycles. The van der Waals surface area contributed by atoms with Gasteiger partial charge in [0.25, 0.3) is 0 Å². The van der Waals surface area contributed by atoms with Gasteiger partial charge in [-0.15, -0.1) is 0 Å². The number of hydrogen-bond donors (Lipinski definition) is 2. The Morgan fingerprint density at radius 3 is 2.76 bits per heavy atom. The second-order valence-corrected chi connectivity index (χ2v) is 6.24. The molecule has 1 heterocycles. The predicted octanol–water partition coefficient (Wildman–Crippen LogP) is 3.37. The number of rotatable bonds is 4. The highest BCUT2D eigenvalue weighted by Gasteiger charge is 2.19. The lowest BCUT2D eigenvalue weighted by atomic mass is 10.1. The molecule has 2 rings (SSSR count). The number of nitrogens with one attached hydrogen (secondary N) is 1. The summed E-state index contributed by atoms with van der Waals surface area (Å²) in [6, 6.07) is 6.32. The van der Waals surface area contributed by atoms with Crippen molar-refractivity contribution in [2.24, 2.45) is 0 Å². The van der Waals surface area contributed by atoms with Crippen molar-refractivity contribution in [2.75, 3.05) is 18.4 Å². The molecular formula is C17H26N2O2. The van der Waals surface area contributed by atoms with E-state index in [-0.39, 0.29) is 0 Å². The number of anilines is 1. The van der Waals surface area contributed by atoms with Crippen molar-refractivity contribution in [1.29, 1.82) is 0 Å². The van der Waals surface area contributed by atoms with Crippen LogP contribution >= 0.6 is 0 Å². The lowest BCUT2D eigenvalue weighted by Gasteiger charge is -2.24. The number of carboxylic acid groups (broad SMARTS) is 1. The van der Waals surface area contributed by atoms with Crippen LogP contribution in [0, 0.1) is 6.92 Å². The summed E-state index contributed by atoms with van der Waals surface area (Å²) in [5.74, 6) is -0.870. The first kappa shape index (κ1) is 15.8. The number of nitrogens with zero attached hydrogens (tertiary/aromatic N) is 1. The number of benzene rings is 1. The molecule has 1 aliphatic rings. The Labute approximate surface area is 127 Å². The number of hydrogen-bond acceptors (Lipinski definition) is 3. The smallest absolute Gasteiger partial charge is 0.335 e. The molecule has 21 heavy (non-hydrogen) atoms. The maximum atomic E-state index is 11.1. The quantitative estimate of drug-likeness (QED) is 0.892. The number of likely N-dealkylation sites (tertiary alicyclic amines) is 1. The monoisotopic (exact) mass is 290 g/mol. The molecule has 0 radical (unpaired) electrons. The zero-order valence-corrected chi connectivity index (χ0v) is 13.2. The van der Waals surface area contributed by atoms with E-state index in [1.807, 2.05) is 13.0 Å². The summed E-state index contributed by atoms with van der Waals surface area (Å²) in [4.78, 5) is 13.6. The van der Waals surface area contributed by atoms with Gasteiger partial charge in [-0.1, -0.05) is 6.07 Å². The van der Waals surface area contributed by atoms with Crippen LogP contribution in [-0.4, -0.2) is 41.1 Å². The molecule has 0 bridgehead atoms. The molecule has 0 aliphatic carbocycles. The lowest BCUT2D eigenvalue weighted by Crippen LogP contribution is -2.32. The third-order valence-electron chi connectivity index (χ3n) is 4.34. The Kier molecular flexibility index (Phi) is 5.23. The van der Waals surface area contributed by atoms with E-state index in [9.17, 15) is 4.79 Å². The molecule has 0 spiro atoms. The Hall–Kier alpha value is -1.55. The largest absolute Gasteiger partial charge is 0.478 e. The highest BCUT2D eigenvalue weighted by Crippen LogP contribution is 2.22. The van der Waals surface area contributed by atoms with Crippen LogP contribution in [0.4, 0.5) is 5.69 Å². The minimum absolute atomic E-state index is 0.348. The van der Waals surface area contributed by atoms with Gasteiger partial charge in [0, 0.05) is 24.3 Å². The molecule has 4 nitrogen and oxygen atoms in total. The van der Waals surface area contributed by atoms with Crippen LogP contribution in [0.15, 0.2) is 18.2 Å². The van der Waals surface area contributed by atoms with Crippen molar-refractivity contribution in [3.05, 3.63) is 29.3 Å². The normalized spacial score (nSPS) is 20.3. The zero-order chi connectivity index (χ0) is 15.4. The minimum Gasteiger partial charge on any atom is -0.478 e. The lowest BCUT2D eigenvalue weighted by molar-refractivity contribution is 0.0697. The Morgan fingerprint density at radius 1 is 1.33 bits per heavy atom. The Morgan fingerprint density at radius 2 is 2.10 bits per heavy atom. The Bertz CT molecular complexity index is 500. The van der Waals surface area contributed by atoms with Crippen molar-refractivity contribution in [3.63, 3.8) is 0 Å². The van der Waals surface area contributed by atoms with Crippen molar-refractivity contribution in [1.82, 2.24) is 4.90 Å². The maximum Gasteiger partial charge on any atom is 0.335 e. The molecule has 1 unspecified atom stereocenters. The summed E-state index contributed by atoms with van der Waals surface area (Å²) in [6.45, 7) is 8.77. The molecular weight excluding hydrogens is 264 g/mol. The van der Waals surface area contributed by atoms with Crippen LogP contribution < -0.4 is 5.32 Å². The minimum atomic E-state index is -0.870. The Balaban J connectivity index is 2.04. The summed E-state index contributed by atoms with van der Waals surface area (Å²) < 4.78 is 0. The molecule has 1 atom stereocenters. The van der Waals surface area contributed by atoms with E-state index in [0.717, 1.165) is 37.2 Å². The fraction of sp³-hybridized carbons (Fsp3) is 0.588. The van der Waals surface area contributed by atoms with Crippen molar-refractivity contribution < 1.29 is 9.90 Å². The molecule has 0 aromatic heterocycles.